The van der Waals surface area contributed by atoms with Gasteiger partial charge in [-0.25, -0.2) is 4.98 Å². The Labute approximate surface area is 84.6 Å². The van der Waals surface area contributed by atoms with Gasteiger partial charge in [0.05, 0.1) is 0 Å². The van der Waals surface area contributed by atoms with E-state index in [0.717, 1.165) is 25.0 Å². The van der Waals surface area contributed by atoms with E-state index in [0.29, 0.717) is 5.82 Å². The maximum absolute atomic E-state index is 10.8. The van der Waals surface area contributed by atoms with E-state index in [1.165, 1.54) is 6.92 Å². The lowest BCUT2D eigenvalue weighted by atomic mass is 10.2. The quantitative estimate of drug-likeness (QED) is 0.795. The minimum absolute atomic E-state index is 0.0786. The fraction of sp³-hybridized carbons (Fsp3) is 0.455. The van der Waals surface area contributed by atoms with Crippen molar-refractivity contribution in [2.75, 3.05) is 5.32 Å². The number of anilines is 1. The molecular weight excluding hydrogens is 176 g/mol. The molecule has 0 bridgehead atoms. The molecule has 1 heterocycles. The Morgan fingerprint density at radius 2 is 2.29 bits per heavy atom. The molecule has 1 amide bonds. The fourth-order valence-electron chi connectivity index (χ4n) is 1.23. The van der Waals surface area contributed by atoms with E-state index >= 15 is 0 Å². The van der Waals surface area contributed by atoms with Crippen molar-refractivity contribution < 1.29 is 4.79 Å². The van der Waals surface area contributed by atoms with Crippen LogP contribution in [0.2, 0.25) is 0 Å². The van der Waals surface area contributed by atoms with Crippen molar-refractivity contribution in [2.24, 2.45) is 0 Å². The van der Waals surface area contributed by atoms with Gasteiger partial charge < -0.3 is 5.32 Å². The highest BCUT2D eigenvalue weighted by atomic mass is 16.1. The Morgan fingerprint density at radius 1 is 1.50 bits per heavy atom. The fourth-order valence-corrected chi connectivity index (χ4v) is 1.23. The third-order valence-corrected chi connectivity index (χ3v) is 1.90. The summed E-state index contributed by atoms with van der Waals surface area (Å²) >= 11 is 0. The monoisotopic (exact) mass is 192 g/mol. The summed E-state index contributed by atoms with van der Waals surface area (Å²) in [5.74, 6) is 0.566. The molecule has 1 aromatic heterocycles. The van der Waals surface area contributed by atoms with Crippen LogP contribution in [-0.2, 0) is 11.2 Å². The predicted molar refractivity (Wildman–Crippen MR) is 57.2 cm³/mol. The number of aromatic nitrogens is 1. The van der Waals surface area contributed by atoms with Crippen LogP contribution in [0.5, 0.6) is 0 Å². The summed E-state index contributed by atoms with van der Waals surface area (Å²) in [6.45, 7) is 3.64. The molecule has 0 aliphatic heterocycles. The average Bonchev–Trinajstić information content (AvgIpc) is 2.14. The van der Waals surface area contributed by atoms with Crippen molar-refractivity contribution in [1.29, 1.82) is 0 Å². The molecule has 0 aromatic carbocycles. The largest absolute Gasteiger partial charge is 0.311 e. The van der Waals surface area contributed by atoms with Crippen molar-refractivity contribution in [2.45, 2.75) is 33.1 Å². The lowest BCUT2D eigenvalue weighted by molar-refractivity contribution is -0.114. The van der Waals surface area contributed by atoms with Gasteiger partial charge in [-0.3, -0.25) is 4.79 Å². The zero-order chi connectivity index (χ0) is 10.4. The van der Waals surface area contributed by atoms with Crippen LogP contribution in [0.3, 0.4) is 0 Å². The topological polar surface area (TPSA) is 42.0 Å². The molecule has 0 spiro atoms. The van der Waals surface area contributed by atoms with E-state index in [1.807, 2.05) is 12.1 Å². The number of carbonyl (C=O) groups excluding carboxylic acids is 1. The first-order valence-corrected chi connectivity index (χ1v) is 4.96. The van der Waals surface area contributed by atoms with E-state index in [1.54, 1.807) is 6.07 Å². The standard InChI is InChI=1S/C11H16N2O/c1-3-4-6-10-7-5-8-11(13-10)12-9(2)14/h5,7-8H,3-4,6H2,1-2H3,(H,12,13,14). The van der Waals surface area contributed by atoms with Crippen LogP contribution in [0.4, 0.5) is 5.82 Å². The summed E-state index contributed by atoms with van der Waals surface area (Å²) in [6.07, 6.45) is 3.27. The molecule has 0 unspecified atom stereocenters. The minimum Gasteiger partial charge on any atom is -0.311 e. The van der Waals surface area contributed by atoms with Crippen LogP contribution < -0.4 is 5.32 Å². The van der Waals surface area contributed by atoms with Gasteiger partial charge in [-0.05, 0) is 25.0 Å². The molecule has 14 heavy (non-hydrogen) atoms. The highest BCUT2D eigenvalue weighted by molar-refractivity contribution is 5.87. The van der Waals surface area contributed by atoms with E-state index in [9.17, 15) is 4.79 Å². The van der Waals surface area contributed by atoms with Gasteiger partial charge in [0.25, 0.3) is 0 Å². The van der Waals surface area contributed by atoms with Crippen LogP contribution in [-0.4, -0.2) is 10.9 Å². The first-order chi connectivity index (χ1) is 6.72. The second-order valence-electron chi connectivity index (χ2n) is 3.30. The highest BCUT2D eigenvalue weighted by Crippen LogP contribution is 2.07. The van der Waals surface area contributed by atoms with Gasteiger partial charge in [0.1, 0.15) is 5.82 Å². The second kappa shape index (κ2) is 5.37. The first-order valence-electron chi connectivity index (χ1n) is 4.96. The molecule has 0 saturated heterocycles. The number of amides is 1. The van der Waals surface area contributed by atoms with Gasteiger partial charge in [0.2, 0.25) is 5.91 Å². The number of hydrogen-bond acceptors (Lipinski definition) is 2. The van der Waals surface area contributed by atoms with Crippen LogP contribution in [0.25, 0.3) is 0 Å². The second-order valence-corrected chi connectivity index (χ2v) is 3.30. The predicted octanol–water partition coefficient (Wildman–Crippen LogP) is 2.38. The molecule has 0 aliphatic carbocycles. The van der Waals surface area contributed by atoms with Crippen LogP contribution in [0.1, 0.15) is 32.4 Å². The molecule has 3 nitrogen and oxygen atoms in total. The van der Waals surface area contributed by atoms with E-state index in [-0.39, 0.29) is 5.91 Å². The third-order valence-electron chi connectivity index (χ3n) is 1.90. The van der Waals surface area contributed by atoms with Crippen LogP contribution in [0, 0.1) is 0 Å². The molecule has 0 aliphatic rings. The van der Waals surface area contributed by atoms with Gasteiger partial charge in [-0.15, -0.1) is 0 Å². The number of hydrogen-bond donors (Lipinski definition) is 1. The number of nitrogens with zero attached hydrogens (tertiary/aromatic N) is 1. The van der Waals surface area contributed by atoms with E-state index in [4.69, 9.17) is 0 Å². The first kappa shape index (κ1) is 10.7. The molecule has 0 saturated carbocycles. The molecule has 0 atom stereocenters. The molecule has 1 N–H and O–H groups in total. The number of nitrogens with one attached hydrogen (secondary N) is 1. The number of unbranched alkanes of at least 4 members (excludes halogenated alkanes) is 1. The molecule has 76 valence electrons. The van der Waals surface area contributed by atoms with Crippen molar-refractivity contribution in [3.8, 4) is 0 Å². The van der Waals surface area contributed by atoms with Crippen molar-refractivity contribution in [3.63, 3.8) is 0 Å². The Bertz CT molecular complexity index is 310. The van der Waals surface area contributed by atoms with Gasteiger partial charge >= 0.3 is 0 Å². The maximum atomic E-state index is 10.8. The summed E-state index contributed by atoms with van der Waals surface area (Å²) in [7, 11) is 0. The average molecular weight is 192 g/mol. The van der Waals surface area contributed by atoms with Crippen molar-refractivity contribution in [3.05, 3.63) is 23.9 Å². The SMILES string of the molecule is CCCCc1cccc(NC(C)=O)n1. The zero-order valence-electron chi connectivity index (χ0n) is 8.71. The number of aryl methyl sites for hydroxylation is 1. The number of rotatable bonds is 4. The summed E-state index contributed by atoms with van der Waals surface area (Å²) in [4.78, 5) is 15.1. The van der Waals surface area contributed by atoms with Gasteiger partial charge in [-0.2, -0.15) is 0 Å². The van der Waals surface area contributed by atoms with Gasteiger partial charge in [0, 0.05) is 12.6 Å². The Hall–Kier alpha value is -1.38. The molecular formula is C11H16N2O. The van der Waals surface area contributed by atoms with Gasteiger partial charge in [0.15, 0.2) is 0 Å². The molecule has 0 fully saturated rings. The lowest BCUT2D eigenvalue weighted by Crippen LogP contribution is -2.08. The Balaban J connectivity index is 2.63. The Kier molecular flexibility index (Phi) is 4.11. The van der Waals surface area contributed by atoms with Crippen LogP contribution in [0.15, 0.2) is 18.2 Å². The van der Waals surface area contributed by atoms with E-state index in [2.05, 4.69) is 17.2 Å². The zero-order valence-corrected chi connectivity index (χ0v) is 8.71. The Morgan fingerprint density at radius 3 is 2.93 bits per heavy atom. The number of carbonyl (C=O) groups is 1. The third kappa shape index (κ3) is 3.56. The lowest BCUT2D eigenvalue weighted by Gasteiger charge is -2.03. The minimum atomic E-state index is -0.0786. The van der Waals surface area contributed by atoms with Crippen molar-refractivity contribution in [1.82, 2.24) is 4.98 Å². The molecule has 1 aromatic rings. The molecule has 3 heteroatoms. The van der Waals surface area contributed by atoms with E-state index < -0.39 is 0 Å². The van der Waals surface area contributed by atoms with Crippen molar-refractivity contribution >= 4 is 11.7 Å². The molecule has 1 rings (SSSR count). The number of pyridine rings is 1. The molecule has 0 radical (unpaired) electrons. The normalized spacial score (nSPS) is 9.86. The summed E-state index contributed by atoms with van der Waals surface area (Å²) in [6, 6.07) is 5.71. The summed E-state index contributed by atoms with van der Waals surface area (Å²) < 4.78 is 0. The smallest absolute Gasteiger partial charge is 0.222 e. The van der Waals surface area contributed by atoms with Crippen LogP contribution >= 0.6 is 0 Å². The highest BCUT2D eigenvalue weighted by Gasteiger charge is 1.98. The summed E-state index contributed by atoms with van der Waals surface area (Å²) in [5.41, 5.74) is 1.04. The van der Waals surface area contributed by atoms with Gasteiger partial charge in [-0.1, -0.05) is 19.4 Å². The maximum Gasteiger partial charge on any atom is 0.222 e. The summed E-state index contributed by atoms with van der Waals surface area (Å²) in [5, 5.41) is 2.67.